The van der Waals surface area contributed by atoms with E-state index in [9.17, 15) is 4.79 Å². The minimum absolute atomic E-state index is 0.200. The number of hydrogen-bond acceptors (Lipinski definition) is 5. The van der Waals surface area contributed by atoms with Gasteiger partial charge in [0.05, 0.1) is 5.69 Å². The number of carbonyl (C=O) groups is 1. The minimum atomic E-state index is -0.202. The van der Waals surface area contributed by atoms with Gasteiger partial charge >= 0.3 is 0 Å². The van der Waals surface area contributed by atoms with Gasteiger partial charge in [-0.05, 0) is 32.0 Å². The summed E-state index contributed by atoms with van der Waals surface area (Å²) < 4.78 is 10.5. The fourth-order valence-corrected chi connectivity index (χ4v) is 2.54. The van der Waals surface area contributed by atoms with Crippen LogP contribution in [0.25, 0.3) is 0 Å². The van der Waals surface area contributed by atoms with Crippen molar-refractivity contribution in [2.75, 3.05) is 12.1 Å². The Morgan fingerprint density at radius 1 is 1.32 bits per heavy atom. The summed E-state index contributed by atoms with van der Waals surface area (Å²) in [6, 6.07) is 5.11. The molecule has 3 rings (SSSR count). The maximum absolute atomic E-state index is 12.1. The highest BCUT2D eigenvalue weighted by Crippen LogP contribution is 2.32. The van der Waals surface area contributed by atoms with Crippen LogP contribution in [-0.4, -0.2) is 17.7 Å². The number of rotatable bonds is 2. The molecule has 0 saturated carbocycles. The van der Waals surface area contributed by atoms with E-state index in [4.69, 9.17) is 9.47 Å². The molecule has 98 valence electrons. The predicted molar refractivity (Wildman–Crippen MR) is 72.1 cm³/mol. The third kappa shape index (κ3) is 2.26. The lowest BCUT2D eigenvalue weighted by atomic mass is 10.2. The summed E-state index contributed by atoms with van der Waals surface area (Å²) in [5.41, 5.74) is 1.46. The van der Waals surface area contributed by atoms with Gasteiger partial charge in [-0.2, -0.15) is 0 Å². The van der Waals surface area contributed by atoms with Crippen LogP contribution in [0.15, 0.2) is 18.2 Å². The lowest BCUT2D eigenvalue weighted by molar-refractivity contribution is 0.102. The van der Waals surface area contributed by atoms with E-state index < -0.39 is 0 Å². The highest BCUT2D eigenvalue weighted by Gasteiger charge is 2.17. The molecule has 0 unspecified atom stereocenters. The number of thiazole rings is 1. The highest BCUT2D eigenvalue weighted by molar-refractivity contribution is 7.15. The predicted octanol–water partition coefficient (Wildman–Crippen LogP) is 2.74. The van der Waals surface area contributed by atoms with Gasteiger partial charge in [-0.15, -0.1) is 11.3 Å². The van der Waals surface area contributed by atoms with Crippen LogP contribution >= 0.6 is 11.3 Å². The summed E-state index contributed by atoms with van der Waals surface area (Å²) in [7, 11) is 0. The van der Waals surface area contributed by atoms with E-state index in [0.29, 0.717) is 22.2 Å². The average molecular weight is 276 g/mol. The largest absolute Gasteiger partial charge is 0.454 e. The van der Waals surface area contributed by atoms with E-state index in [0.717, 1.165) is 10.6 Å². The highest BCUT2D eigenvalue weighted by atomic mass is 32.1. The molecule has 1 amide bonds. The average Bonchev–Trinajstić information content (AvgIpc) is 2.96. The van der Waals surface area contributed by atoms with Gasteiger partial charge < -0.3 is 9.47 Å². The van der Waals surface area contributed by atoms with E-state index in [1.54, 1.807) is 18.2 Å². The number of fused-ring (bicyclic) bond motifs is 1. The van der Waals surface area contributed by atoms with Crippen LogP contribution in [0.5, 0.6) is 11.5 Å². The summed E-state index contributed by atoms with van der Waals surface area (Å²) in [4.78, 5) is 17.5. The number of nitrogens with zero attached hydrogens (tertiary/aromatic N) is 1. The molecule has 2 aromatic rings. The van der Waals surface area contributed by atoms with E-state index >= 15 is 0 Å². The zero-order valence-corrected chi connectivity index (χ0v) is 11.3. The maximum Gasteiger partial charge on any atom is 0.257 e. The Morgan fingerprint density at radius 2 is 2.11 bits per heavy atom. The molecule has 0 saturated heterocycles. The van der Waals surface area contributed by atoms with Gasteiger partial charge in [0.25, 0.3) is 5.91 Å². The van der Waals surface area contributed by atoms with Crippen molar-refractivity contribution in [1.29, 1.82) is 0 Å². The summed E-state index contributed by atoms with van der Waals surface area (Å²) in [6.07, 6.45) is 0. The molecule has 2 heterocycles. The van der Waals surface area contributed by atoms with Crippen LogP contribution in [0, 0.1) is 13.8 Å². The van der Waals surface area contributed by atoms with Gasteiger partial charge in [0.1, 0.15) is 0 Å². The molecule has 1 N–H and O–H groups in total. The summed E-state index contributed by atoms with van der Waals surface area (Å²) in [5.74, 6) is 1.06. The minimum Gasteiger partial charge on any atom is -0.454 e. The molecule has 1 aromatic carbocycles. The Balaban J connectivity index is 1.80. The van der Waals surface area contributed by atoms with Gasteiger partial charge in [0.2, 0.25) is 6.79 Å². The number of aryl methyl sites for hydroxylation is 2. The molecule has 6 heteroatoms. The number of carbonyl (C=O) groups excluding carboxylic acids is 1. The fraction of sp³-hybridized carbons (Fsp3) is 0.231. The smallest absolute Gasteiger partial charge is 0.257 e. The quantitative estimate of drug-likeness (QED) is 0.916. The van der Waals surface area contributed by atoms with Crippen LogP contribution < -0.4 is 14.8 Å². The molecule has 0 bridgehead atoms. The van der Waals surface area contributed by atoms with Crippen molar-refractivity contribution in [1.82, 2.24) is 4.98 Å². The topological polar surface area (TPSA) is 60.5 Å². The van der Waals surface area contributed by atoms with Gasteiger partial charge in [-0.1, -0.05) is 0 Å². The number of hydrogen-bond donors (Lipinski definition) is 1. The number of anilines is 1. The van der Waals surface area contributed by atoms with Crippen molar-refractivity contribution in [3.63, 3.8) is 0 Å². The SMILES string of the molecule is Cc1nc(NC(=O)c2ccc3c(c2)OCO3)sc1C. The molecule has 0 spiro atoms. The Bertz CT molecular complexity index is 632. The molecule has 5 nitrogen and oxygen atoms in total. The van der Waals surface area contributed by atoms with Gasteiger partial charge in [-0.25, -0.2) is 4.98 Å². The standard InChI is InChI=1S/C13H12N2O3S/c1-7-8(2)19-13(14-7)15-12(16)9-3-4-10-11(5-9)18-6-17-10/h3-5H,6H2,1-2H3,(H,14,15,16). The zero-order valence-electron chi connectivity index (χ0n) is 10.5. The first-order valence-electron chi connectivity index (χ1n) is 5.78. The second kappa shape index (κ2) is 4.55. The van der Waals surface area contributed by atoms with Gasteiger partial charge in [-0.3, -0.25) is 10.1 Å². The van der Waals surface area contributed by atoms with Crippen molar-refractivity contribution in [3.8, 4) is 11.5 Å². The Kier molecular flexibility index (Phi) is 2.87. The summed E-state index contributed by atoms with van der Waals surface area (Å²) >= 11 is 1.46. The van der Waals surface area contributed by atoms with Crippen LogP contribution in [-0.2, 0) is 0 Å². The summed E-state index contributed by atoms with van der Waals surface area (Å²) in [6.45, 7) is 4.09. The molecular weight excluding hydrogens is 264 g/mol. The Hall–Kier alpha value is -2.08. The third-order valence-electron chi connectivity index (χ3n) is 2.88. The van der Waals surface area contributed by atoms with Crippen molar-refractivity contribution in [2.45, 2.75) is 13.8 Å². The normalized spacial score (nSPS) is 12.5. The number of benzene rings is 1. The molecule has 1 aromatic heterocycles. The second-order valence-electron chi connectivity index (χ2n) is 4.18. The second-order valence-corrected chi connectivity index (χ2v) is 5.39. The van der Waals surface area contributed by atoms with Crippen molar-refractivity contribution < 1.29 is 14.3 Å². The van der Waals surface area contributed by atoms with Gasteiger partial charge in [0, 0.05) is 10.4 Å². The first-order valence-corrected chi connectivity index (χ1v) is 6.60. The zero-order chi connectivity index (χ0) is 13.4. The lowest BCUT2D eigenvalue weighted by Crippen LogP contribution is -2.11. The third-order valence-corrected chi connectivity index (χ3v) is 3.87. The number of ether oxygens (including phenoxy) is 2. The molecule has 1 aliphatic rings. The monoisotopic (exact) mass is 276 g/mol. The van der Waals surface area contributed by atoms with Crippen molar-refractivity contribution >= 4 is 22.4 Å². The molecule has 19 heavy (non-hydrogen) atoms. The Labute approximate surface area is 114 Å². The van der Waals surface area contributed by atoms with Crippen LogP contribution in [0.1, 0.15) is 20.9 Å². The van der Waals surface area contributed by atoms with Crippen LogP contribution in [0.4, 0.5) is 5.13 Å². The molecule has 1 aliphatic heterocycles. The number of aromatic nitrogens is 1. The number of amides is 1. The molecule has 0 radical (unpaired) electrons. The fourth-order valence-electron chi connectivity index (χ4n) is 1.73. The van der Waals surface area contributed by atoms with E-state index in [2.05, 4.69) is 10.3 Å². The van der Waals surface area contributed by atoms with E-state index in [1.807, 2.05) is 13.8 Å². The summed E-state index contributed by atoms with van der Waals surface area (Å²) in [5, 5.41) is 3.39. The molecular formula is C13H12N2O3S. The lowest BCUT2D eigenvalue weighted by Gasteiger charge is -2.02. The molecule has 0 fully saturated rings. The Morgan fingerprint density at radius 3 is 2.84 bits per heavy atom. The number of nitrogens with one attached hydrogen (secondary N) is 1. The van der Waals surface area contributed by atoms with Crippen LogP contribution in [0.3, 0.4) is 0 Å². The van der Waals surface area contributed by atoms with Gasteiger partial charge in [0.15, 0.2) is 16.6 Å². The first kappa shape index (κ1) is 12.0. The maximum atomic E-state index is 12.1. The first-order chi connectivity index (χ1) is 9.13. The van der Waals surface area contributed by atoms with Crippen LogP contribution in [0.2, 0.25) is 0 Å². The van der Waals surface area contributed by atoms with E-state index in [1.165, 1.54) is 11.3 Å². The molecule has 0 atom stereocenters. The molecule has 0 aliphatic carbocycles. The van der Waals surface area contributed by atoms with Crippen molar-refractivity contribution in [3.05, 3.63) is 34.3 Å². The van der Waals surface area contributed by atoms with Crippen molar-refractivity contribution in [2.24, 2.45) is 0 Å². The van der Waals surface area contributed by atoms with E-state index in [-0.39, 0.29) is 12.7 Å².